The number of sulfonamides is 1. The van der Waals surface area contributed by atoms with Gasteiger partial charge in [-0.3, -0.25) is 0 Å². The SMILES string of the molecule is CN(C)C(CNS(=O)(=O)c1cc(Br)ccc1F)c1cccc(F)c1. The molecule has 1 unspecified atom stereocenters. The lowest BCUT2D eigenvalue weighted by Crippen LogP contribution is -2.35. The van der Waals surface area contributed by atoms with Crippen LogP contribution in [0.3, 0.4) is 0 Å². The van der Waals surface area contributed by atoms with E-state index in [9.17, 15) is 17.2 Å². The van der Waals surface area contributed by atoms with E-state index in [0.29, 0.717) is 10.0 Å². The average molecular weight is 419 g/mol. The van der Waals surface area contributed by atoms with Crippen molar-refractivity contribution in [3.8, 4) is 0 Å². The van der Waals surface area contributed by atoms with Crippen LogP contribution < -0.4 is 4.72 Å². The Labute approximate surface area is 148 Å². The van der Waals surface area contributed by atoms with Crippen LogP contribution in [-0.4, -0.2) is 34.0 Å². The predicted molar refractivity (Wildman–Crippen MR) is 92.1 cm³/mol. The first-order valence-electron chi connectivity index (χ1n) is 7.07. The summed E-state index contributed by atoms with van der Waals surface area (Å²) in [5, 5.41) is 0. The van der Waals surface area contributed by atoms with E-state index in [-0.39, 0.29) is 6.54 Å². The molecule has 0 spiro atoms. The predicted octanol–water partition coefficient (Wildman–Crippen LogP) is 3.31. The number of hydrogen-bond donors (Lipinski definition) is 1. The van der Waals surface area contributed by atoms with Gasteiger partial charge in [0.1, 0.15) is 16.5 Å². The number of nitrogens with one attached hydrogen (secondary N) is 1. The first kappa shape index (κ1) is 19.0. The molecule has 2 aromatic rings. The molecular formula is C16H17BrF2N2O2S. The van der Waals surface area contributed by atoms with Gasteiger partial charge in [-0.2, -0.15) is 0 Å². The molecule has 0 aliphatic carbocycles. The highest BCUT2D eigenvalue weighted by Gasteiger charge is 2.23. The highest BCUT2D eigenvalue weighted by Crippen LogP contribution is 2.22. The van der Waals surface area contributed by atoms with Crippen LogP contribution in [-0.2, 0) is 10.0 Å². The maximum atomic E-state index is 13.8. The van der Waals surface area contributed by atoms with Crippen LogP contribution in [0.2, 0.25) is 0 Å². The first-order valence-corrected chi connectivity index (χ1v) is 9.35. The van der Waals surface area contributed by atoms with Crippen LogP contribution in [0.5, 0.6) is 0 Å². The molecular weight excluding hydrogens is 402 g/mol. The van der Waals surface area contributed by atoms with Crippen molar-refractivity contribution in [2.45, 2.75) is 10.9 Å². The summed E-state index contributed by atoms with van der Waals surface area (Å²) in [5.41, 5.74) is 0.623. The summed E-state index contributed by atoms with van der Waals surface area (Å²) in [6.45, 7) is -0.0231. The Morgan fingerprint density at radius 2 is 1.88 bits per heavy atom. The summed E-state index contributed by atoms with van der Waals surface area (Å²) < 4.78 is 54.8. The molecule has 0 fully saturated rings. The third-order valence-electron chi connectivity index (χ3n) is 3.51. The van der Waals surface area contributed by atoms with E-state index >= 15 is 0 Å². The molecule has 1 N–H and O–H groups in total. The van der Waals surface area contributed by atoms with Crippen molar-refractivity contribution in [1.82, 2.24) is 9.62 Å². The zero-order valence-corrected chi connectivity index (χ0v) is 15.5. The minimum Gasteiger partial charge on any atom is -0.301 e. The van der Waals surface area contributed by atoms with Gasteiger partial charge in [0.15, 0.2) is 0 Å². The molecule has 0 bridgehead atoms. The third kappa shape index (κ3) is 4.60. The number of hydrogen-bond acceptors (Lipinski definition) is 3. The average Bonchev–Trinajstić information content (AvgIpc) is 2.49. The Kier molecular flexibility index (Phi) is 6.08. The van der Waals surface area contributed by atoms with Crippen LogP contribution >= 0.6 is 15.9 Å². The van der Waals surface area contributed by atoms with Crippen LogP contribution in [0, 0.1) is 11.6 Å². The van der Waals surface area contributed by atoms with Crippen molar-refractivity contribution < 1.29 is 17.2 Å². The fraction of sp³-hybridized carbons (Fsp3) is 0.250. The molecule has 0 aliphatic rings. The second-order valence-corrected chi connectivity index (χ2v) is 8.11. The highest BCUT2D eigenvalue weighted by atomic mass is 79.9. The number of rotatable bonds is 6. The third-order valence-corrected chi connectivity index (χ3v) is 5.44. The molecule has 0 saturated heterocycles. The van der Waals surface area contributed by atoms with Gasteiger partial charge >= 0.3 is 0 Å². The number of nitrogens with zero attached hydrogens (tertiary/aromatic N) is 1. The zero-order valence-electron chi connectivity index (χ0n) is 13.1. The molecule has 0 amide bonds. The Bertz CT molecular complexity index is 829. The van der Waals surface area contributed by atoms with Gasteiger partial charge < -0.3 is 4.90 Å². The van der Waals surface area contributed by atoms with Crippen molar-refractivity contribution in [1.29, 1.82) is 0 Å². The van der Waals surface area contributed by atoms with Gasteiger partial charge in [0.25, 0.3) is 0 Å². The summed E-state index contributed by atoms with van der Waals surface area (Å²) in [6, 6.07) is 9.23. The summed E-state index contributed by atoms with van der Waals surface area (Å²) in [6.07, 6.45) is 0. The molecule has 0 saturated carbocycles. The summed E-state index contributed by atoms with van der Waals surface area (Å²) in [5.74, 6) is -1.24. The second kappa shape index (κ2) is 7.69. The van der Waals surface area contributed by atoms with Gasteiger partial charge in [-0.25, -0.2) is 21.9 Å². The van der Waals surface area contributed by atoms with E-state index in [2.05, 4.69) is 20.7 Å². The normalized spacial score (nSPS) is 13.2. The second-order valence-electron chi connectivity index (χ2n) is 5.46. The molecule has 24 heavy (non-hydrogen) atoms. The molecule has 0 heterocycles. The van der Waals surface area contributed by atoms with Crippen molar-refractivity contribution in [2.75, 3.05) is 20.6 Å². The molecule has 130 valence electrons. The van der Waals surface area contributed by atoms with E-state index in [1.54, 1.807) is 31.1 Å². The lowest BCUT2D eigenvalue weighted by atomic mass is 10.1. The minimum atomic E-state index is -4.04. The number of halogens is 3. The molecule has 2 rings (SSSR count). The summed E-state index contributed by atoms with van der Waals surface area (Å²) in [4.78, 5) is 1.32. The van der Waals surface area contributed by atoms with Crippen molar-refractivity contribution >= 4 is 26.0 Å². The highest BCUT2D eigenvalue weighted by molar-refractivity contribution is 9.10. The monoisotopic (exact) mass is 418 g/mol. The summed E-state index contributed by atoms with van der Waals surface area (Å²) >= 11 is 3.13. The smallest absolute Gasteiger partial charge is 0.243 e. The van der Waals surface area contributed by atoms with Gasteiger partial charge in [-0.15, -0.1) is 0 Å². The molecule has 4 nitrogen and oxygen atoms in total. The van der Waals surface area contributed by atoms with Crippen molar-refractivity contribution in [2.24, 2.45) is 0 Å². The standard InChI is InChI=1S/C16H17BrF2N2O2S/c1-21(2)15(11-4-3-5-13(18)8-11)10-20-24(22,23)16-9-12(17)6-7-14(16)19/h3-9,15,20H,10H2,1-2H3. The summed E-state index contributed by atoms with van der Waals surface area (Å²) in [7, 11) is -0.529. The van der Waals surface area contributed by atoms with E-state index in [4.69, 9.17) is 0 Å². The Hall–Kier alpha value is -1.35. The quantitative estimate of drug-likeness (QED) is 0.782. The maximum Gasteiger partial charge on any atom is 0.243 e. The molecule has 8 heteroatoms. The van der Waals surface area contributed by atoms with Crippen molar-refractivity contribution in [3.05, 3.63) is 64.1 Å². The Balaban J connectivity index is 2.24. The fourth-order valence-electron chi connectivity index (χ4n) is 2.26. The lowest BCUT2D eigenvalue weighted by Gasteiger charge is -2.25. The van der Waals surface area contributed by atoms with Crippen LogP contribution in [0.4, 0.5) is 8.78 Å². The molecule has 1 atom stereocenters. The van der Waals surface area contributed by atoms with E-state index in [1.165, 1.54) is 24.3 Å². The minimum absolute atomic E-state index is 0.0231. The lowest BCUT2D eigenvalue weighted by molar-refractivity contribution is 0.298. The van der Waals surface area contributed by atoms with Gasteiger partial charge in [0.05, 0.1) is 0 Å². The van der Waals surface area contributed by atoms with Crippen molar-refractivity contribution in [3.63, 3.8) is 0 Å². The van der Waals surface area contributed by atoms with Gasteiger partial charge in [0.2, 0.25) is 10.0 Å². The van der Waals surface area contributed by atoms with Gasteiger partial charge in [-0.1, -0.05) is 28.1 Å². The largest absolute Gasteiger partial charge is 0.301 e. The number of likely N-dealkylation sites (N-methyl/N-ethyl adjacent to an activating group) is 1. The maximum absolute atomic E-state index is 13.8. The first-order chi connectivity index (χ1) is 11.2. The van der Waals surface area contributed by atoms with Crippen LogP contribution in [0.1, 0.15) is 11.6 Å². The molecule has 0 aromatic heterocycles. The van der Waals surface area contributed by atoms with E-state index in [1.807, 2.05) is 0 Å². The van der Waals surface area contributed by atoms with Crippen LogP contribution in [0.25, 0.3) is 0 Å². The number of benzene rings is 2. The van der Waals surface area contributed by atoms with Crippen LogP contribution in [0.15, 0.2) is 51.8 Å². The fourth-order valence-corrected chi connectivity index (χ4v) is 3.91. The van der Waals surface area contributed by atoms with E-state index in [0.717, 1.165) is 6.07 Å². The van der Waals surface area contributed by atoms with Gasteiger partial charge in [0, 0.05) is 17.1 Å². The van der Waals surface area contributed by atoms with Gasteiger partial charge in [-0.05, 0) is 50.0 Å². The topological polar surface area (TPSA) is 49.4 Å². The van der Waals surface area contributed by atoms with E-state index < -0.39 is 32.6 Å². The molecule has 0 radical (unpaired) electrons. The Morgan fingerprint density at radius 1 is 1.17 bits per heavy atom. The zero-order chi connectivity index (χ0) is 17.9. The molecule has 0 aliphatic heterocycles. The molecule has 2 aromatic carbocycles. The Morgan fingerprint density at radius 3 is 2.50 bits per heavy atom.